The summed E-state index contributed by atoms with van der Waals surface area (Å²) in [5.74, 6) is -2.70. The molecule has 3 rings (SSSR count). The molecule has 2 N–H and O–H groups in total. The van der Waals surface area contributed by atoms with Gasteiger partial charge in [-0.1, -0.05) is 17.7 Å². The third-order valence-corrected chi connectivity index (χ3v) is 5.01. The number of benzene rings is 1. The van der Waals surface area contributed by atoms with Crippen LogP contribution in [0.4, 0.5) is 8.78 Å². The molecule has 0 saturated carbocycles. The number of ether oxygens (including phenoxy) is 1. The summed E-state index contributed by atoms with van der Waals surface area (Å²) >= 11 is 6.29. The van der Waals surface area contributed by atoms with Gasteiger partial charge in [0.25, 0.3) is 0 Å². The molecule has 0 atom stereocenters. The van der Waals surface area contributed by atoms with E-state index in [1.165, 1.54) is 6.07 Å². The molecule has 6 nitrogen and oxygen atoms in total. The minimum atomic E-state index is -1.23. The lowest BCUT2D eigenvalue weighted by atomic mass is 10.1. The van der Waals surface area contributed by atoms with Crippen LogP contribution in [0.3, 0.4) is 0 Å². The number of carboxylic acids is 1. The smallest absolute Gasteiger partial charge is 0.356 e. The largest absolute Gasteiger partial charge is 0.476 e. The van der Waals surface area contributed by atoms with Crippen molar-refractivity contribution in [3.05, 3.63) is 51.8 Å². The highest BCUT2D eigenvalue weighted by molar-refractivity contribution is 6.30. The highest BCUT2D eigenvalue weighted by Gasteiger charge is 2.23. The maximum Gasteiger partial charge on any atom is 0.356 e. The zero-order chi connectivity index (χ0) is 19.4. The maximum atomic E-state index is 13.9. The van der Waals surface area contributed by atoms with Gasteiger partial charge in [-0.3, -0.25) is 0 Å². The molecule has 0 aliphatic carbocycles. The number of hydrogen-bond acceptors (Lipinski definition) is 4. The van der Waals surface area contributed by atoms with Gasteiger partial charge in [-0.2, -0.15) is 5.10 Å². The van der Waals surface area contributed by atoms with Crippen LogP contribution in [0.1, 0.15) is 34.5 Å². The van der Waals surface area contributed by atoms with E-state index in [1.807, 2.05) is 0 Å². The Hall–Kier alpha value is -2.03. The van der Waals surface area contributed by atoms with Crippen LogP contribution < -0.4 is 5.32 Å². The molecule has 0 spiro atoms. The second kappa shape index (κ2) is 8.77. The van der Waals surface area contributed by atoms with Crippen LogP contribution in [0.2, 0.25) is 5.15 Å². The minimum Gasteiger partial charge on any atom is -0.476 e. The molecule has 146 valence electrons. The van der Waals surface area contributed by atoms with E-state index in [-0.39, 0.29) is 23.0 Å². The van der Waals surface area contributed by atoms with Crippen LogP contribution in [0, 0.1) is 11.6 Å². The number of aromatic nitrogens is 2. The molecule has 1 saturated heterocycles. The summed E-state index contributed by atoms with van der Waals surface area (Å²) in [5.41, 5.74) is -0.0725. The van der Waals surface area contributed by atoms with Crippen molar-refractivity contribution in [2.45, 2.75) is 31.8 Å². The van der Waals surface area contributed by atoms with Crippen molar-refractivity contribution in [2.24, 2.45) is 0 Å². The van der Waals surface area contributed by atoms with Gasteiger partial charge in [0, 0.05) is 30.4 Å². The van der Waals surface area contributed by atoms with Gasteiger partial charge in [0.1, 0.15) is 16.8 Å². The molecule has 1 aliphatic heterocycles. The SMILES string of the molecule is O=C(O)c1nn(Cc2c(F)cccc2F)c(Cl)c1CCNC1CCOCC1. The van der Waals surface area contributed by atoms with E-state index >= 15 is 0 Å². The number of nitrogens with zero attached hydrogens (tertiary/aromatic N) is 2. The average molecular weight is 400 g/mol. The monoisotopic (exact) mass is 399 g/mol. The molecule has 27 heavy (non-hydrogen) atoms. The Balaban J connectivity index is 1.76. The van der Waals surface area contributed by atoms with Crippen molar-refractivity contribution in [1.82, 2.24) is 15.1 Å². The predicted octanol–water partition coefficient (Wildman–Crippen LogP) is 2.87. The fourth-order valence-electron chi connectivity index (χ4n) is 3.11. The van der Waals surface area contributed by atoms with Gasteiger partial charge >= 0.3 is 5.97 Å². The third-order valence-electron chi connectivity index (χ3n) is 4.58. The summed E-state index contributed by atoms with van der Waals surface area (Å²) in [4.78, 5) is 11.5. The highest BCUT2D eigenvalue weighted by Crippen LogP contribution is 2.23. The van der Waals surface area contributed by atoms with Crippen molar-refractivity contribution in [3.8, 4) is 0 Å². The van der Waals surface area contributed by atoms with Crippen LogP contribution in [-0.4, -0.2) is 46.7 Å². The maximum absolute atomic E-state index is 13.9. The topological polar surface area (TPSA) is 76.4 Å². The first-order valence-electron chi connectivity index (χ1n) is 8.70. The zero-order valence-electron chi connectivity index (χ0n) is 14.6. The molecule has 2 heterocycles. The number of aromatic carboxylic acids is 1. The van der Waals surface area contributed by atoms with Crippen molar-refractivity contribution in [1.29, 1.82) is 0 Å². The van der Waals surface area contributed by atoms with Crippen LogP contribution >= 0.6 is 11.6 Å². The predicted molar refractivity (Wildman–Crippen MR) is 95.2 cm³/mol. The number of rotatable bonds is 7. The Morgan fingerprint density at radius 3 is 2.59 bits per heavy atom. The molecule has 1 aliphatic rings. The summed E-state index contributed by atoms with van der Waals surface area (Å²) in [7, 11) is 0. The molecule has 9 heteroatoms. The van der Waals surface area contributed by atoms with E-state index in [2.05, 4.69) is 10.4 Å². The fraction of sp³-hybridized carbons (Fsp3) is 0.444. The quantitative estimate of drug-likeness (QED) is 0.748. The van der Waals surface area contributed by atoms with Crippen LogP contribution in [0.15, 0.2) is 18.2 Å². The number of carboxylic acid groups (broad SMARTS) is 1. The van der Waals surface area contributed by atoms with Gasteiger partial charge in [-0.05, 0) is 37.9 Å². The van der Waals surface area contributed by atoms with E-state index in [0.717, 1.165) is 29.7 Å². The van der Waals surface area contributed by atoms with E-state index in [0.29, 0.717) is 37.8 Å². The lowest BCUT2D eigenvalue weighted by Crippen LogP contribution is -2.36. The Kier molecular flexibility index (Phi) is 6.41. The van der Waals surface area contributed by atoms with Crippen molar-refractivity contribution >= 4 is 17.6 Å². The second-order valence-electron chi connectivity index (χ2n) is 6.37. The molecule has 2 aromatic rings. The number of nitrogens with one attached hydrogen (secondary N) is 1. The van der Waals surface area contributed by atoms with Gasteiger partial charge in [-0.25, -0.2) is 18.3 Å². The van der Waals surface area contributed by atoms with Gasteiger partial charge < -0.3 is 15.2 Å². The van der Waals surface area contributed by atoms with E-state index in [4.69, 9.17) is 16.3 Å². The number of hydrogen-bond donors (Lipinski definition) is 2. The van der Waals surface area contributed by atoms with Gasteiger partial charge in [0.05, 0.1) is 6.54 Å². The lowest BCUT2D eigenvalue weighted by Gasteiger charge is -2.23. The van der Waals surface area contributed by atoms with Crippen LogP contribution in [0.5, 0.6) is 0 Å². The van der Waals surface area contributed by atoms with Crippen molar-refractivity contribution in [3.63, 3.8) is 0 Å². The fourth-order valence-corrected chi connectivity index (χ4v) is 3.39. The first kappa shape index (κ1) is 19.7. The third kappa shape index (κ3) is 4.63. The Morgan fingerprint density at radius 2 is 1.96 bits per heavy atom. The van der Waals surface area contributed by atoms with Crippen LogP contribution in [-0.2, 0) is 17.7 Å². The standard InChI is InChI=1S/C18H20ClF2N3O3/c19-17-12(4-7-22-11-5-8-27-9-6-11)16(18(25)26)23-24(17)10-13-14(20)2-1-3-15(13)21/h1-3,11,22H,4-10H2,(H,25,26). The number of carbonyl (C=O) groups is 1. The van der Waals surface area contributed by atoms with E-state index < -0.39 is 17.6 Å². The average Bonchev–Trinajstić information content (AvgIpc) is 2.96. The molecule has 0 amide bonds. The molecule has 1 fully saturated rings. The Morgan fingerprint density at radius 1 is 1.30 bits per heavy atom. The Bertz CT molecular complexity index is 802. The van der Waals surface area contributed by atoms with Crippen LogP contribution in [0.25, 0.3) is 0 Å². The summed E-state index contributed by atoms with van der Waals surface area (Å²) in [5, 5.41) is 16.8. The van der Waals surface area contributed by atoms with E-state index in [9.17, 15) is 18.7 Å². The first-order valence-corrected chi connectivity index (χ1v) is 9.07. The zero-order valence-corrected chi connectivity index (χ0v) is 15.3. The highest BCUT2D eigenvalue weighted by atomic mass is 35.5. The molecule has 1 aromatic heterocycles. The number of halogens is 3. The lowest BCUT2D eigenvalue weighted by molar-refractivity contribution is 0.0688. The van der Waals surface area contributed by atoms with Gasteiger partial charge in [0.2, 0.25) is 0 Å². The molecule has 0 radical (unpaired) electrons. The van der Waals surface area contributed by atoms with Crippen molar-refractivity contribution in [2.75, 3.05) is 19.8 Å². The minimum absolute atomic E-state index is 0.0730. The Labute approximate surface area is 160 Å². The van der Waals surface area contributed by atoms with E-state index in [1.54, 1.807) is 0 Å². The first-order chi connectivity index (χ1) is 13.0. The summed E-state index contributed by atoms with van der Waals surface area (Å²) in [6, 6.07) is 3.84. The molecular weight excluding hydrogens is 380 g/mol. The molecule has 0 unspecified atom stereocenters. The second-order valence-corrected chi connectivity index (χ2v) is 6.73. The summed E-state index contributed by atoms with van der Waals surface area (Å²) < 4.78 is 34.2. The molecule has 1 aromatic carbocycles. The van der Waals surface area contributed by atoms with Gasteiger partial charge in [0.15, 0.2) is 5.69 Å². The normalized spacial score (nSPS) is 15.2. The summed E-state index contributed by atoms with van der Waals surface area (Å²) in [6.07, 6.45) is 2.13. The molecule has 0 bridgehead atoms. The molecular formula is C18H20ClF2N3O3. The van der Waals surface area contributed by atoms with Crippen molar-refractivity contribution < 1.29 is 23.4 Å². The summed E-state index contributed by atoms with van der Waals surface area (Å²) in [6.45, 7) is 1.63. The van der Waals surface area contributed by atoms with Gasteiger partial charge in [-0.15, -0.1) is 0 Å².